The first-order chi connectivity index (χ1) is 11.3. The first-order valence-electron chi connectivity index (χ1n) is 7.56. The third kappa shape index (κ3) is 2.75. The average Bonchev–Trinajstić information content (AvgIpc) is 2.89. The Balaban J connectivity index is 1.79. The summed E-state index contributed by atoms with van der Waals surface area (Å²) in [5.74, 6) is -0.245. The van der Waals surface area contributed by atoms with Crippen molar-refractivity contribution in [2.45, 2.75) is 25.7 Å². The minimum atomic E-state index is -3.62. The van der Waals surface area contributed by atoms with Gasteiger partial charge < -0.3 is 4.90 Å². The molecule has 10 heteroatoms. The van der Waals surface area contributed by atoms with Crippen molar-refractivity contribution < 1.29 is 12.8 Å². The highest BCUT2D eigenvalue weighted by molar-refractivity contribution is 7.89. The summed E-state index contributed by atoms with van der Waals surface area (Å²) in [6, 6.07) is 0. The van der Waals surface area contributed by atoms with Gasteiger partial charge in [0.25, 0.3) is 0 Å². The number of H-pyrrole nitrogens is 1. The average molecular weight is 354 g/mol. The lowest BCUT2D eigenvalue weighted by molar-refractivity contribution is 0.381. The minimum absolute atomic E-state index is 0.218. The standard InChI is InChI=1S/C14H19FN6O2S/c1-9-12(15)14(17-8-16-9)20-4-6-21(7-5-20)24(22,23)13-10(2)18-19-11(13)3/h8H,4-7H2,1-3H3,(H,18,19). The van der Waals surface area contributed by atoms with Gasteiger partial charge in [-0.25, -0.2) is 22.8 Å². The molecule has 0 radical (unpaired) electrons. The Labute approximate surface area is 139 Å². The number of nitrogens with one attached hydrogen (secondary N) is 1. The number of hydrogen-bond acceptors (Lipinski definition) is 6. The zero-order valence-corrected chi connectivity index (χ0v) is 14.6. The van der Waals surface area contributed by atoms with Crippen LogP contribution in [0.2, 0.25) is 0 Å². The monoisotopic (exact) mass is 354 g/mol. The van der Waals surface area contributed by atoms with Gasteiger partial charge >= 0.3 is 0 Å². The van der Waals surface area contributed by atoms with Crippen molar-refractivity contribution in [3.05, 3.63) is 29.2 Å². The number of halogens is 1. The Bertz CT molecular complexity index is 839. The topological polar surface area (TPSA) is 95.1 Å². The third-order valence-electron chi connectivity index (χ3n) is 4.14. The van der Waals surface area contributed by atoms with E-state index in [9.17, 15) is 12.8 Å². The van der Waals surface area contributed by atoms with Crippen LogP contribution in [0.5, 0.6) is 0 Å². The SMILES string of the molecule is Cc1ncnc(N2CCN(S(=O)(=O)c3c(C)n[nH]c3C)CC2)c1F. The number of aromatic amines is 1. The molecule has 1 aliphatic rings. The van der Waals surface area contributed by atoms with Gasteiger partial charge in [0.2, 0.25) is 10.0 Å². The van der Waals surface area contributed by atoms with Gasteiger partial charge in [-0.05, 0) is 20.8 Å². The second-order valence-corrected chi connectivity index (χ2v) is 7.63. The van der Waals surface area contributed by atoms with Gasteiger partial charge in [0.05, 0.1) is 17.1 Å². The van der Waals surface area contributed by atoms with Gasteiger partial charge in [0, 0.05) is 26.2 Å². The molecule has 8 nitrogen and oxygen atoms in total. The summed E-state index contributed by atoms with van der Waals surface area (Å²) in [4.78, 5) is 9.76. The van der Waals surface area contributed by atoms with Gasteiger partial charge in [0.1, 0.15) is 11.2 Å². The summed E-state index contributed by atoms with van der Waals surface area (Å²) < 4.78 is 41.1. The molecule has 3 heterocycles. The second-order valence-electron chi connectivity index (χ2n) is 5.75. The lowest BCUT2D eigenvalue weighted by Gasteiger charge is -2.34. The molecular weight excluding hydrogens is 335 g/mol. The van der Waals surface area contributed by atoms with Crippen LogP contribution in [-0.4, -0.2) is 59.1 Å². The number of rotatable bonds is 3. The number of nitrogens with zero attached hydrogens (tertiary/aromatic N) is 5. The van der Waals surface area contributed by atoms with Crippen LogP contribution in [0, 0.1) is 26.6 Å². The molecule has 1 N–H and O–H groups in total. The molecule has 0 spiro atoms. The third-order valence-corrected chi connectivity index (χ3v) is 6.30. The fraction of sp³-hybridized carbons (Fsp3) is 0.500. The van der Waals surface area contributed by atoms with E-state index < -0.39 is 15.8 Å². The molecule has 0 aliphatic carbocycles. The molecule has 0 aromatic carbocycles. The molecule has 0 unspecified atom stereocenters. The number of aromatic nitrogens is 4. The molecule has 1 saturated heterocycles. The van der Waals surface area contributed by atoms with E-state index in [1.54, 1.807) is 25.7 Å². The fourth-order valence-corrected chi connectivity index (χ4v) is 4.61. The van der Waals surface area contributed by atoms with Crippen LogP contribution in [0.25, 0.3) is 0 Å². The van der Waals surface area contributed by atoms with E-state index in [1.165, 1.54) is 10.6 Å². The molecule has 2 aromatic heterocycles. The molecule has 0 atom stereocenters. The second kappa shape index (κ2) is 6.10. The first-order valence-corrected chi connectivity index (χ1v) is 9.00. The number of piperazine rings is 1. The molecule has 0 saturated carbocycles. The van der Waals surface area contributed by atoms with Crippen LogP contribution in [0.3, 0.4) is 0 Å². The van der Waals surface area contributed by atoms with Gasteiger partial charge in [-0.3, -0.25) is 5.10 Å². The van der Waals surface area contributed by atoms with E-state index in [4.69, 9.17) is 0 Å². The Morgan fingerprint density at radius 1 is 1.08 bits per heavy atom. The molecule has 130 valence electrons. The van der Waals surface area contributed by atoms with Crippen LogP contribution in [-0.2, 0) is 10.0 Å². The highest BCUT2D eigenvalue weighted by atomic mass is 32.2. The largest absolute Gasteiger partial charge is 0.351 e. The molecule has 1 fully saturated rings. The molecule has 3 rings (SSSR count). The van der Waals surface area contributed by atoms with E-state index in [0.717, 1.165) is 0 Å². The van der Waals surface area contributed by atoms with Gasteiger partial charge in [-0.15, -0.1) is 0 Å². The van der Waals surface area contributed by atoms with Crippen molar-refractivity contribution in [3.8, 4) is 0 Å². The molecule has 2 aromatic rings. The smallest absolute Gasteiger partial charge is 0.246 e. The molecule has 24 heavy (non-hydrogen) atoms. The lowest BCUT2D eigenvalue weighted by Crippen LogP contribution is -2.49. The van der Waals surface area contributed by atoms with Crippen LogP contribution < -0.4 is 4.90 Å². The minimum Gasteiger partial charge on any atom is -0.351 e. The van der Waals surface area contributed by atoms with Crippen molar-refractivity contribution in [1.82, 2.24) is 24.5 Å². The Kier molecular flexibility index (Phi) is 4.26. The summed E-state index contributed by atoms with van der Waals surface area (Å²) >= 11 is 0. The van der Waals surface area contributed by atoms with Crippen LogP contribution >= 0.6 is 0 Å². The molecule has 0 amide bonds. The summed E-state index contributed by atoms with van der Waals surface area (Å²) in [6.45, 7) is 6.16. The van der Waals surface area contributed by atoms with E-state index >= 15 is 0 Å². The fourth-order valence-electron chi connectivity index (χ4n) is 2.86. The van der Waals surface area contributed by atoms with Gasteiger partial charge in [0.15, 0.2) is 11.6 Å². The number of sulfonamides is 1. The van der Waals surface area contributed by atoms with Crippen molar-refractivity contribution in [2.75, 3.05) is 31.1 Å². The highest BCUT2D eigenvalue weighted by Crippen LogP contribution is 2.25. The van der Waals surface area contributed by atoms with Gasteiger partial charge in [-0.1, -0.05) is 0 Å². The summed E-state index contributed by atoms with van der Waals surface area (Å²) in [7, 11) is -3.62. The maximum atomic E-state index is 14.1. The predicted octanol–water partition coefficient (Wildman–Crippen LogP) is 0.775. The Morgan fingerprint density at radius 3 is 2.33 bits per heavy atom. The van der Waals surface area contributed by atoms with Crippen molar-refractivity contribution in [3.63, 3.8) is 0 Å². The predicted molar refractivity (Wildman–Crippen MR) is 85.8 cm³/mol. The number of anilines is 1. The van der Waals surface area contributed by atoms with Crippen LogP contribution in [0.15, 0.2) is 11.2 Å². The Morgan fingerprint density at radius 2 is 1.75 bits per heavy atom. The molecular formula is C14H19FN6O2S. The van der Waals surface area contributed by atoms with E-state index in [2.05, 4.69) is 20.2 Å². The maximum absolute atomic E-state index is 14.1. The van der Waals surface area contributed by atoms with E-state index in [1.807, 2.05) is 0 Å². The van der Waals surface area contributed by atoms with E-state index in [-0.39, 0.29) is 29.5 Å². The Hall–Kier alpha value is -2.07. The normalized spacial score (nSPS) is 16.6. The summed E-state index contributed by atoms with van der Waals surface area (Å²) in [5, 5.41) is 6.65. The quantitative estimate of drug-likeness (QED) is 0.875. The van der Waals surface area contributed by atoms with Crippen molar-refractivity contribution in [2.24, 2.45) is 0 Å². The van der Waals surface area contributed by atoms with Crippen molar-refractivity contribution in [1.29, 1.82) is 0 Å². The van der Waals surface area contributed by atoms with Crippen molar-refractivity contribution >= 4 is 15.8 Å². The lowest BCUT2D eigenvalue weighted by atomic mass is 10.3. The molecule has 0 bridgehead atoms. The number of hydrogen-bond donors (Lipinski definition) is 1. The zero-order valence-electron chi connectivity index (χ0n) is 13.7. The first kappa shape index (κ1) is 16.8. The highest BCUT2D eigenvalue weighted by Gasteiger charge is 2.33. The number of aryl methyl sites for hydroxylation is 3. The van der Waals surface area contributed by atoms with Crippen LogP contribution in [0.1, 0.15) is 17.1 Å². The maximum Gasteiger partial charge on any atom is 0.246 e. The van der Waals surface area contributed by atoms with Crippen LogP contribution in [0.4, 0.5) is 10.2 Å². The zero-order chi connectivity index (χ0) is 17.5. The molecule has 1 aliphatic heterocycles. The van der Waals surface area contributed by atoms with Gasteiger partial charge in [-0.2, -0.15) is 9.40 Å². The summed E-state index contributed by atoms with van der Waals surface area (Å²) in [6.07, 6.45) is 1.31. The van der Waals surface area contributed by atoms with E-state index in [0.29, 0.717) is 24.5 Å². The summed E-state index contributed by atoms with van der Waals surface area (Å²) in [5.41, 5.74) is 1.25.